The average molecular weight is 261 g/mol. The van der Waals surface area contributed by atoms with Crippen LogP contribution in [0.5, 0.6) is 0 Å². The third-order valence-corrected chi connectivity index (χ3v) is 3.02. The van der Waals surface area contributed by atoms with Crippen molar-refractivity contribution in [2.45, 2.75) is 38.4 Å². The zero-order chi connectivity index (χ0) is 13.4. The molecule has 1 atom stereocenters. The summed E-state index contributed by atoms with van der Waals surface area (Å²) in [6, 6.07) is 0. The van der Waals surface area contributed by atoms with E-state index in [1.807, 2.05) is 0 Å². The number of ether oxygens (including phenoxy) is 2. The van der Waals surface area contributed by atoms with Crippen LogP contribution in [-0.4, -0.2) is 61.4 Å². The van der Waals surface area contributed by atoms with E-state index in [-0.39, 0.29) is 0 Å². The molecule has 0 bridgehead atoms. The molecule has 5 heteroatoms. The molecule has 3 N–H and O–H groups in total. The van der Waals surface area contributed by atoms with Crippen LogP contribution in [0, 0.1) is 5.92 Å². The third kappa shape index (κ3) is 6.66. The van der Waals surface area contributed by atoms with Crippen molar-refractivity contribution in [1.82, 2.24) is 5.32 Å². The van der Waals surface area contributed by atoms with Gasteiger partial charge in [0.15, 0.2) is 0 Å². The van der Waals surface area contributed by atoms with Crippen LogP contribution in [0.2, 0.25) is 0 Å². The molecule has 108 valence electrons. The van der Waals surface area contributed by atoms with Crippen molar-refractivity contribution < 1.29 is 19.7 Å². The molecule has 1 aliphatic rings. The fourth-order valence-electron chi connectivity index (χ4n) is 1.90. The minimum Gasteiger partial charge on any atom is -0.389 e. The molecular weight excluding hydrogens is 234 g/mol. The van der Waals surface area contributed by atoms with Gasteiger partial charge in [-0.1, -0.05) is 13.8 Å². The predicted molar refractivity (Wildman–Crippen MR) is 69.5 cm³/mol. The molecule has 0 radical (unpaired) electrons. The lowest BCUT2D eigenvalue weighted by molar-refractivity contribution is -0.0632. The van der Waals surface area contributed by atoms with Crippen LogP contribution in [0.25, 0.3) is 0 Å². The zero-order valence-electron chi connectivity index (χ0n) is 11.5. The van der Waals surface area contributed by atoms with Crippen molar-refractivity contribution in [3.63, 3.8) is 0 Å². The summed E-state index contributed by atoms with van der Waals surface area (Å²) in [5.41, 5.74) is -0.684. The van der Waals surface area contributed by atoms with Crippen LogP contribution in [0.4, 0.5) is 0 Å². The van der Waals surface area contributed by atoms with Crippen molar-refractivity contribution >= 4 is 0 Å². The van der Waals surface area contributed by atoms with Crippen molar-refractivity contribution in [1.29, 1.82) is 0 Å². The smallest absolute Gasteiger partial charge is 0.0897 e. The number of rotatable bonds is 8. The second-order valence-electron chi connectivity index (χ2n) is 5.55. The Kier molecular flexibility index (Phi) is 7.11. The summed E-state index contributed by atoms with van der Waals surface area (Å²) in [6.07, 6.45) is 0.784. The summed E-state index contributed by atoms with van der Waals surface area (Å²) in [5.74, 6) is 0.480. The monoisotopic (exact) mass is 261 g/mol. The Labute approximate surface area is 109 Å². The number of hydrogen-bond acceptors (Lipinski definition) is 5. The van der Waals surface area contributed by atoms with Crippen molar-refractivity contribution in [2.24, 2.45) is 5.92 Å². The standard InChI is InChI=1S/C13H27NO4/c1-11(2)8-18-9-12(15)7-14-10-13(16)3-5-17-6-4-13/h11-12,14-16H,3-10H2,1-2H3. The third-order valence-electron chi connectivity index (χ3n) is 3.02. The SMILES string of the molecule is CC(C)COCC(O)CNCC1(O)CCOCC1. The van der Waals surface area contributed by atoms with Crippen LogP contribution < -0.4 is 5.32 Å². The fraction of sp³-hybridized carbons (Fsp3) is 1.00. The minimum absolute atomic E-state index is 0.340. The second kappa shape index (κ2) is 8.07. The van der Waals surface area contributed by atoms with E-state index in [4.69, 9.17) is 9.47 Å². The molecule has 0 aromatic carbocycles. The van der Waals surface area contributed by atoms with Crippen molar-refractivity contribution in [2.75, 3.05) is 39.5 Å². The quantitative estimate of drug-likeness (QED) is 0.580. The van der Waals surface area contributed by atoms with Gasteiger partial charge in [0, 0.05) is 45.8 Å². The van der Waals surface area contributed by atoms with Gasteiger partial charge in [-0.25, -0.2) is 0 Å². The van der Waals surface area contributed by atoms with E-state index in [1.165, 1.54) is 0 Å². The molecule has 0 spiro atoms. The molecule has 0 aromatic rings. The van der Waals surface area contributed by atoms with E-state index >= 15 is 0 Å². The summed E-state index contributed by atoms with van der Waals surface area (Å²) in [5, 5.41) is 23.0. The van der Waals surface area contributed by atoms with Crippen LogP contribution >= 0.6 is 0 Å². The summed E-state index contributed by atoms with van der Waals surface area (Å²) < 4.78 is 10.6. The lowest BCUT2D eigenvalue weighted by Crippen LogP contribution is -2.47. The Bertz CT molecular complexity index is 217. The normalized spacial score (nSPS) is 21.2. The topological polar surface area (TPSA) is 71.0 Å². The highest BCUT2D eigenvalue weighted by atomic mass is 16.5. The first-order chi connectivity index (χ1) is 8.52. The zero-order valence-corrected chi connectivity index (χ0v) is 11.5. The molecule has 1 rings (SSSR count). The van der Waals surface area contributed by atoms with E-state index in [0.29, 0.717) is 58.3 Å². The summed E-state index contributed by atoms with van der Waals surface area (Å²) in [6.45, 7) is 7.32. The van der Waals surface area contributed by atoms with E-state index in [9.17, 15) is 10.2 Å². The lowest BCUT2D eigenvalue weighted by atomic mass is 9.94. The highest BCUT2D eigenvalue weighted by Crippen LogP contribution is 2.19. The maximum absolute atomic E-state index is 10.2. The van der Waals surface area contributed by atoms with E-state index in [2.05, 4.69) is 19.2 Å². The van der Waals surface area contributed by atoms with E-state index in [0.717, 1.165) is 0 Å². The maximum atomic E-state index is 10.2. The maximum Gasteiger partial charge on any atom is 0.0897 e. The van der Waals surface area contributed by atoms with Gasteiger partial charge in [0.05, 0.1) is 18.3 Å². The predicted octanol–water partition coefficient (Wildman–Crippen LogP) is 0.151. The van der Waals surface area contributed by atoms with Gasteiger partial charge in [-0.15, -0.1) is 0 Å². The molecule has 0 aromatic heterocycles. The molecule has 0 saturated carbocycles. The Morgan fingerprint density at radius 1 is 1.28 bits per heavy atom. The Balaban J connectivity index is 2.05. The fourth-order valence-corrected chi connectivity index (χ4v) is 1.90. The van der Waals surface area contributed by atoms with Gasteiger partial charge in [-0.2, -0.15) is 0 Å². The van der Waals surface area contributed by atoms with Gasteiger partial charge in [0.25, 0.3) is 0 Å². The second-order valence-corrected chi connectivity index (χ2v) is 5.55. The Morgan fingerprint density at radius 3 is 2.56 bits per heavy atom. The van der Waals surface area contributed by atoms with Gasteiger partial charge in [-0.05, 0) is 5.92 Å². The van der Waals surface area contributed by atoms with Gasteiger partial charge < -0.3 is 25.0 Å². The van der Waals surface area contributed by atoms with Crippen LogP contribution in [0.15, 0.2) is 0 Å². The van der Waals surface area contributed by atoms with Crippen molar-refractivity contribution in [3.8, 4) is 0 Å². The van der Waals surface area contributed by atoms with Crippen LogP contribution in [0.1, 0.15) is 26.7 Å². The lowest BCUT2D eigenvalue weighted by Gasteiger charge is -2.32. The molecular formula is C13H27NO4. The highest BCUT2D eigenvalue weighted by Gasteiger charge is 2.29. The number of aliphatic hydroxyl groups excluding tert-OH is 1. The Morgan fingerprint density at radius 2 is 1.94 bits per heavy atom. The molecule has 1 fully saturated rings. The van der Waals surface area contributed by atoms with E-state index < -0.39 is 11.7 Å². The van der Waals surface area contributed by atoms with Gasteiger partial charge in [-0.3, -0.25) is 0 Å². The molecule has 5 nitrogen and oxygen atoms in total. The molecule has 1 heterocycles. The molecule has 18 heavy (non-hydrogen) atoms. The van der Waals surface area contributed by atoms with Crippen LogP contribution in [0.3, 0.4) is 0 Å². The average Bonchev–Trinajstić information content (AvgIpc) is 2.29. The number of aliphatic hydroxyl groups is 2. The van der Waals surface area contributed by atoms with E-state index in [1.54, 1.807) is 0 Å². The highest BCUT2D eigenvalue weighted by molar-refractivity contribution is 4.83. The number of nitrogens with one attached hydrogen (secondary N) is 1. The van der Waals surface area contributed by atoms with Gasteiger partial charge in [0.1, 0.15) is 0 Å². The first-order valence-corrected chi connectivity index (χ1v) is 6.78. The molecule has 0 amide bonds. The van der Waals surface area contributed by atoms with Gasteiger partial charge in [0.2, 0.25) is 0 Å². The molecule has 1 saturated heterocycles. The molecule has 1 aliphatic heterocycles. The first-order valence-electron chi connectivity index (χ1n) is 6.78. The minimum atomic E-state index is -0.684. The summed E-state index contributed by atoms with van der Waals surface area (Å²) in [4.78, 5) is 0. The summed E-state index contributed by atoms with van der Waals surface area (Å²) >= 11 is 0. The first kappa shape index (κ1) is 15.9. The Hall–Kier alpha value is -0.200. The molecule has 1 unspecified atom stereocenters. The molecule has 0 aliphatic carbocycles. The summed E-state index contributed by atoms with van der Waals surface area (Å²) in [7, 11) is 0. The number of hydrogen-bond donors (Lipinski definition) is 3. The largest absolute Gasteiger partial charge is 0.389 e. The van der Waals surface area contributed by atoms with Crippen molar-refractivity contribution in [3.05, 3.63) is 0 Å². The van der Waals surface area contributed by atoms with Gasteiger partial charge >= 0.3 is 0 Å². The van der Waals surface area contributed by atoms with Crippen LogP contribution in [-0.2, 0) is 9.47 Å².